The minimum atomic E-state index is -0.234. The van der Waals surface area contributed by atoms with Crippen LogP contribution in [-0.2, 0) is 0 Å². The number of para-hydroxylation sites is 1. The molecule has 0 spiro atoms. The highest BCUT2D eigenvalue weighted by atomic mass is 35.5. The number of halogens is 1. The summed E-state index contributed by atoms with van der Waals surface area (Å²) < 4.78 is 5.52. The fourth-order valence-electron chi connectivity index (χ4n) is 4.56. The quantitative estimate of drug-likeness (QED) is 0.428. The zero-order chi connectivity index (χ0) is 24.7. The Kier molecular flexibility index (Phi) is 6.08. The van der Waals surface area contributed by atoms with Crippen LogP contribution in [0.3, 0.4) is 0 Å². The van der Waals surface area contributed by atoms with Gasteiger partial charge in [0, 0.05) is 41.8 Å². The van der Waals surface area contributed by atoms with Crippen LogP contribution in [0, 0.1) is 0 Å². The third-order valence-corrected chi connectivity index (χ3v) is 6.88. The van der Waals surface area contributed by atoms with E-state index in [0.717, 1.165) is 28.6 Å². The van der Waals surface area contributed by atoms with Crippen LogP contribution in [0.4, 0.5) is 0 Å². The number of hydrogen-bond donors (Lipinski definition) is 2. The first-order valence-corrected chi connectivity index (χ1v) is 11.7. The van der Waals surface area contributed by atoms with E-state index in [0.29, 0.717) is 36.1 Å². The Bertz CT molecular complexity index is 1420. The van der Waals surface area contributed by atoms with E-state index >= 15 is 0 Å². The summed E-state index contributed by atoms with van der Waals surface area (Å²) in [6, 6.07) is 13.2. The molecular weight excluding hydrogens is 466 g/mol. The number of amides is 1. The van der Waals surface area contributed by atoms with Crippen molar-refractivity contribution in [2.75, 3.05) is 34.3 Å². The lowest BCUT2D eigenvalue weighted by atomic mass is 10.0. The zero-order valence-electron chi connectivity index (χ0n) is 19.7. The Morgan fingerprint density at radius 2 is 2.03 bits per heavy atom. The highest BCUT2D eigenvalue weighted by molar-refractivity contribution is 6.33. The van der Waals surface area contributed by atoms with Crippen molar-refractivity contribution in [3.63, 3.8) is 0 Å². The summed E-state index contributed by atoms with van der Waals surface area (Å²) in [5, 5.41) is 18.9. The maximum atomic E-state index is 13.3. The second-order valence-electron chi connectivity index (χ2n) is 8.91. The number of phenolic OH excluding ortho intramolecular Hbond substituents is 1. The highest BCUT2D eigenvalue weighted by Gasteiger charge is 2.30. The Morgan fingerprint density at radius 3 is 2.77 bits per heavy atom. The number of aromatic nitrogens is 3. The number of hydrogen-bond acceptors (Lipinski definition) is 6. The van der Waals surface area contributed by atoms with E-state index in [9.17, 15) is 9.90 Å². The summed E-state index contributed by atoms with van der Waals surface area (Å²) in [5.41, 5.74) is 3.81. The molecule has 1 aliphatic rings. The van der Waals surface area contributed by atoms with Crippen LogP contribution < -0.4 is 4.74 Å². The van der Waals surface area contributed by atoms with Crippen molar-refractivity contribution in [1.29, 1.82) is 0 Å². The van der Waals surface area contributed by atoms with Gasteiger partial charge in [-0.15, -0.1) is 0 Å². The molecule has 0 aliphatic carbocycles. The number of likely N-dealkylation sites (tertiary alicyclic amines) is 1. The second-order valence-corrected chi connectivity index (χ2v) is 9.31. The molecule has 1 fully saturated rings. The number of phenols is 1. The number of methoxy groups -OCH3 is 1. The van der Waals surface area contributed by atoms with Crippen LogP contribution in [0.1, 0.15) is 16.8 Å². The fourth-order valence-corrected chi connectivity index (χ4v) is 4.78. The van der Waals surface area contributed by atoms with Gasteiger partial charge in [0.05, 0.1) is 23.4 Å². The van der Waals surface area contributed by atoms with Gasteiger partial charge in [-0.25, -0.2) is 4.98 Å². The molecule has 35 heavy (non-hydrogen) atoms. The number of ether oxygens (including phenoxy) is 1. The SMILES string of the molecule is COc1ccccc1-c1[nH]nc2ncc(-c3cc(Cl)c(O)c(C(=O)N4CCC(N(C)C)C4)c3)cc12. The summed E-state index contributed by atoms with van der Waals surface area (Å²) in [4.78, 5) is 21.7. The van der Waals surface area contributed by atoms with Crippen molar-refractivity contribution in [2.45, 2.75) is 12.5 Å². The van der Waals surface area contributed by atoms with Gasteiger partial charge in [-0.1, -0.05) is 23.7 Å². The van der Waals surface area contributed by atoms with Gasteiger partial charge in [-0.3, -0.25) is 9.89 Å². The first kappa shape index (κ1) is 23.1. The van der Waals surface area contributed by atoms with Crippen molar-refractivity contribution in [3.8, 4) is 33.9 Å². The number of H-pyrrole nitrogens is 1. The Labute approximate surface area is 208 Å². The lowest BCUT2D eigenvalue weighted by Crippen LogP contribution is -2.34. The number of nitrogens with zero attached hydrogens (tertiary/aromatic N) is 4. The number of rotatable bonds is 5. The largest absolute Gasteiger partial charge is 0.506 e. The zero-order valence-corrected chi connectivity index (χ0v) is 20.5. The number of aromatic hydroxyl groups is 1. The second kappa shape index (κ2) is 9.20. The number of pyridine rings is 1. The topological polar surface area (TPSA) is 94.6 Å². The third kappa shape index (κ3) is 4.19. The van der Waals surface area contributed by atoms with Gasteiger partial charge in [0.15, 0.2) is 5.65 Å². The molecule has 180 valence electrons. The van der Waals surface area contributed by atoms with Gasteiger partial charge in [0.2, 0.25) is 0 Å². The molecule has 1 aliphatic heterocycles. The molecule has 4 aromatic rings. The molecular formula is C26H26ClN5O3. The number of carbonyl (C=O) groups excluding carboxylic acids is 1. The summed E-state index contributed by atoms with van der Waals surface area (Å²) in [6.07, 6.45) is 2.57. The first-order valence-electron chi connectivity index (χ1n) is 11.3. The van der Waals surface area contributed by atoms with Gasteiger partial charge < -0.3 is 19.6 Å². The van der Waals surface area contributed by atoms with E-state index in [2.05, 4.69) is 20.1 Å². The minimum absolute atomic E-state index is 0.117. The number of benzene rings is 2. The predicted molar refractivity (Wildman–Crippen MR) is 136 cm³/mol. The highest BCUT2D eigenvalue weighted by Crippen LogP contribution is 2.37. The first-order chi connectivity index (χ1) is 16.9. The van der Waals surface area contributed by atoms with Gasteiger partial charge in [0.1, 0.15) is 11.5 Å². The summed E-state index contributed by atoms with van der Waals surface area (Å²) >= 11 is 6.38. The van der Waals surface area contributed by atoms with Crippen molar-refractivity contribution < 1.29 is 14.6 Å². The Balaban J connectivity index is 1.55. The lowest BCUT2D eigenvalue weighted by Gasteiger charge is -2.21. The van der Waals surface area contributed by atoms with Crippen molar-refractivity contribution in [3.05, 3.63) is 59.2 Å². The minimum Gasteiger partial charge on any atom is -0.506 e. The molecule has 9 heteroatoms. The van der Waals surface area contributed by atoms with Gasteiger partial charge in [-0.2, -0.15) is 5.10 Å². The maximum Gasteiger partial charge on any atom is 0.257 e. The molecule has 1 amide bonds. The normalized spacial score (nSPS) is 15.8. The van der Waals surface area contributed by atoms with Crippen molar-refractivity contribution in [2.24, 2.45) is 0 Å². The number of nitrogens with one attached hydrogen (secondary N) is 1. The number of aromatic amines is 1. The van der Waals surface area contributed by atoms with Crippen LogP contribution in [0.15, 0.2) is 48.7 Å². The molecule has 0 radical (unpaired) electrons. The molecule has 0 bridgehead atoms. The van der Waals surface area contributed by atoms with Gasteiger partial charge >= 0.3 is 0 Å². The lowest BCUT2D eigenvalue weighted by molar-refractivity contribution is 0.0780. The Hall–Kier alpha value is -3.62. The van der Waals surface area contributed by atoms with Crippen LogP contribution in [-0.4, -0.2) is 76.3 Å². The van der Waals surface area contributed by atoms with Crippen LogP contribution in [0.25, 0.3) is 33.4 Å². The number of likely N-dealkylation sites (N-methyl/N-ethyl adjacent to an activating group) is 1. The van der Waals surface area contributed by atoms with Gasteiger partial charge in [0.25, 0.3) is 5.91 Å². The summed E-state index contributed by atoms with van der Waals surface area (Å²) in [6.45, 7) is 1.24. The molecule has 1 saturated heterocycles. The number of fused-ring (bicyclic) bond motifs is 1. The summed E-state index contributed by atoms with van der Waals surface area (Å²) in [5.74, 6) is 0.272. The van der Waals surface area contributed by atoms with Crippen molar-refractivity contribution in [1.82, 2.24) is 25.0 Å². The molecule has 2 aromatic heterocycles. The molecule has 5 rings (SSSR count). The Morgan fingerprint density at radius 1 is 1.23 bits per heavy atom. The number of carbonyl (C=O) groups is 1. The standard InChI is InChI=1S/C26H26ClN5O3/c1-31(2)17-8-9-32(14-17)26(34)20-10-15(12-21(27)24(20)33)16-11-19-23(29-30-25(19)28-13-16)18-6-4-5-7-22(18)35-3/h4-7,10-13,17,33H,8-9,14H2,1-3H3,(H,28,29,30). The summed E-state index contributed by atoms with van der Waals surface area (Å²) in [7, 11) is 5.64. The van der Waals surface area contributed by atoms with E-state index in [-0.39, 0.29) is 22.2 Å². The maximum absolute atomic E-state index is 13.3. The molecule has 1 unspecified atom stereocenters. The molecule has 2 aromatic carbocycles. The fraction of sp³-hybridized carbons (Fsp3) is 0.269. The van der Waals surface area contributed by atoms with E-state index in [1.165, 1.54) is 0 Å². The smallest absolute Gasteiger partial charge is 0.257 e. The molecule has 1 atom stereocenters. The van der Waals surface area contributed by atoms with E-state index in [1.807, 2.05) is 44.4 Å². The van der Waals surface area contributed by atoms with Crippen molar-refractivity contribution >= 4 is 28.5 Å². The third-order valence-electron chi connectivity index (χ3n) is 6.59. The average molecular weight is 492 g/mol. The molecule has 3 heterocycles. The van der Waals surface area contributed by atoms with Crippen LogP contribution in [0.5, 0.6) is 11.5 Å². The monoisotopic (exact) mass is 491 g/mol. The van der Waals surface area contributed by atoms with Crippen LogP contribution in [0.2, 0.25) is 5.02 Å². The van der Waals surface area contributed by atoms with E-state index < -0.39 is 0 Å². The van der Waals surface area contributed by atoms with E-state index in [4.69, 9.17) is 16.3 Å². The molecule has 2 N–H and O–H groups in total. The van der Waals surface area contributed by atoms with E-state index in [1.54, 1.807) is 30.3 Å². The molecule has 0 saturated carbocycles. The molecule has 8 nitrogen and oxygen atoms in total. The van der Waals surface area contributed by atoms with Gasteiger partial charge in [-0.05, 0) is 56.4 Å². The van der Waals surface area contributed by atoms with Crippen LogP contribution >= 0.6 is 11.6 Å². The average Bonchev–Trinajstić information content (AvgIpc) is 3.52. The predicted octanol–water partition coefficient (Wildman–Crippen LogP) is 4.44.